The summed E-state index contributed by atoms with van der Waals surface area (Å²) in [5.74, 6) is -0.219. The monoisotopic (exact) mass is 168 g/mol. The van der Waals surface area contributed by atoms with Crippen molar-refractivity contribution in [3.05, 3.63) is 11.8 Å². The summed E-state index contributed by atoms with van der Waals surface area (Å²) >= 11 is 4.73. The van der Waals surface area contributed by atoms with E-state index in [0.29, 0.717) is 10.7 Å². The molecule has 1 unspecified atom stereocenters. The highest BCUT2D eigenvalue weighted by Gasteiger charge is 2.29. The van der Waals surface area contributed by atoms with Gasteiger partial charge < -0.3 is 5.32 Å². The Bertz CT molecular complexity index is 295. The minimum Gasteiger partial charge on any atom is -0.335 e. The molecule has 0 aromatic carbocycles. The predicted octanol–water partition coefficient (Wildman–Crippen LogP) is -0.334. The molecule has 0 aromatic rings. The van der Waals surface area contributed by atoms with Gasteiger partial charge in [0.15, 0.2) is 11.3 Å². The molecule has 0 saturated carbocycles. The van der Waals surface area contributed by atoms with Gasteiger partial charge in [0.25, 0.3) is 5.91 Å². The minimum absolute atomic E-state index is 0.219. The van der Waals surface area contributed by atoms with Gasteiger partial charge >= 0.3 is 0 Å². The van der Waals surface area contributed by atoms with E-state index in [4.69, 9.17) is 12.2 Å². The first-order chi connectivity index (χ1) is 5.27. The van der Waals surface area contributed by atoms with Crippen molar-refractivity contribution in [3.8, 4) is 0 Å². The zero-order valence-corrected chi connectivity index (χ0v) is 6.18. The van der Waals surface area contributed by atoms with E-state index in [-0.39, 0.29) is 12.1 Å². The number of nitrogens with zero attached hydrogens (tertiary/aromatic N) is 2. The Morgan fingerprint density at radius 1 is 1.64 bits per heavy atom. The van der Waals surface area contributed by atoms with Crippen LogP contribution in [0.4, 0.5) is 0 Å². The first kappa shape index (κ1) is 6.41. The molecular weight excluding hydrogens is 164 g/mol. The third-order valence-corrected chi connectivity index (χ3v) is 1.65. The number of hydrogen-bond donors (Lipinski definition) is 2. The normalized spacial score (nSPS) is 27.3. The summed E-state index contributed by atoms with van der Waals surface area (Å²) in [6, 6.07) is 0. The Kier molecular flexibility index (Phi) is 1.22. The first-order valence-corrected chi connectivity index (χ1v) is 3.40. The molecule has 1 fully saturated rings. The van der Waals surface area contributed by atoms with Crippen LogP contribution in [0.2, 0.25) is 0 Å². The fourth-order valence-corrected chi connectivity index (χ4v) is 1.12. The first-order valence-electron chi connectivity index (χ1n) is 2.99. The molecule has 5 nitrogen and oxygen atoms in total. The minimum atomic E-state index is -0.365. The molecule has 2 rings (SSSR count). The van der Waals surface area contributed by atoms with Crippen LogP contribution in [0.3, 0.4) is 0 Å². The van der Waals surface area contributed by atoms with Gasteiger partial charge in [-0.25, -0.2) is 0 Å². The second kappa shape index (κ2) is 2.09. The summed E-state index contributed by atoms with van der Waals surface area (Å²) in [7, 11) is 0. The molecule has 1 saturated heterocycles. The van der Waals surface area contributed by atoms with Crippen LogP contribution >= 0.6 is 12.2 Å². The number of rotatable bonds is 0. The van der Waals surface area contributed by atoms with E-state index in [1.165, 1.54) is 6.20 Å². The molecular formula is C5H4N4OS. The van der Waals surface area contributed by atoms with Crippen molar-refractivity contribution < 1.29 is 4.79 Å². The lowest BCUT2D eigenvalue weighted by molar-refractivity contribution is -0.116. The van der Waals surface area contributed by atoms with Crippen molar-refractivity contribution in [2.45, 2.75) is 6.17 Å². The highest BCUT2D eigenvalue weighted by molar-refractivity contribution is 7.80. The van der Waals surface area contributed by atoms with Gasteiger partial charge in [0.1, 0.15) is 0 Å². The maximum absolute atomic E-state index is 11.1. The quantitative estimate of drug-likeness (QED) is 0.486. The van der Waals surface area contributed by atoms with Crippen molar-refractivity contribution in [2.75, 3.05) is 0 Å². The molecule has 56 valence electrons. The third kappa shape index (κ3) is 0.911. The zero-order valence-electron chi connectivity index (χ0n) is 5.37. The topological polar surface area (TPSA) is 65.8 Å². The molecule has 1 atom stereocenters. The fourth-order valence-electron chi connectivity index (χ4n) is 0.920. The van der Waals surface area contributed by atoms with Crippen molar-refractivity contribution >= 4 is 23.2 Å². The second-order valence-corrected chi connectivity index (χ2v) is 2.55. The van der Waals surface area contributed by atoms with Gasteiger partial charge in [-0.3, -0.25) is 10.1 Å². The van der Waals surface area contributed by atoms with Crippen LogP contribution in [0.25, 0.3) is 0 Å². The molecule has 2 N–H and O–H groups in total. The van der Waals surface area contributed by atoms with Crippen LogP contribution in [0.15, 0.2) is 22.0 Å². The highest BCUT2D eigenvalue weighted by atomic mass is 32.1. The van der Waals surface area contributed by atoms with E-state index < -0.39 is 0 Å². The van der Waals surface area contributed by atoms with Crippen LogP contribution in [0.1, 0.15) is 0 Å². The number of carbonyl (C=O) groups is 1. The summed E-state index contributed by atoms with van der Waals surface area (Å²) in [6.45, 7) is 0. The zero-order chi connectivity index (χ0) is 7.84. The van der Waals surface area contributed by atoms with Gasteiger partial charge in [-0.05, 0) is 12.2 Å². The van der Waals surface area contributed by atoms with E-state index >= 15 is 0 Å². The summed E-state index contributed by atoms with van der Waals surface area (Å²) < 4.78 is 0. The number of amides is 1. The molecule has 11 heavy (non-hydrogen) atoms. The third-order valence-electron chi connectivity index (χ3n) is 1.43. The Morgan fingerprint density at radius 3 is 3.27 bits per heavy atom. The SMILES string of the molecule is O=C1NC(=S)NC2N=NC=C12. The van der Waals surface area contributed by atoms with Crippen LogP contribution in [-0.4, -0.2) is 17.2 Å². The molecule has 0 radical (unpaired) electrons. The molecule has 0 bridgehead atoms. The Balaban J connectivity index is 2.31. The van der Waals surface area contributed by atoms with E-state index in [0.717, 1.165) is 0 Å². The average Bonchev–Trinajstić information content (AvgIpc) is 2.34. The van der Waals surface area contributed by atoms with Gasteiger partial charge in [0.05, 0.1) is 11.8 Å². The largest absolute Gasteiger partial charge is 0.335 e. The number of azo groups is 1. The van der Waals surface area contributed by atoms with E-state index in [1.54, 1.807) is 0 Å². The predicted molar refractivity (Wildman–Crippen MR) is 40.6 cm³/mol. The summed E-state index contributed by atoms with van der Waals surface area (Å²) in [4.78, 5) is 11.1. The number of carbonyl (C=O) groups excluding carboxylic acids is 1. The Hall–Kier alpha value is -1.30. The molecule has 0 aliphatic carbocycles. The number of hydrogen-bond acceptors (Lipinski definition) is 4. The smallest absolute Gasteiger partial charge is 0.259 e. The summed E-state index contributed by atoms with van der Waals surface area (Å²) in [6.07, 6.45) is 1.06. The van der Waals surface area contributed by atoms with Crippen LogP contribution < -0.4 is 10.6 Å². The standard InChI is InChI=1S/C5H4N4OS/c10-4-2-1-6-9-3(2)7-5(11)8-4/h1,3H,(H2,7,8,10,11). The molecule has 2 aliphatic heterocycles. The van der Waals surface area contributed by atoms with Gasteiger partial charge in [0.2, 0.25) is 0 Å². The number of fused-ring (bicyclic) bond motifs is 1. The van der Waals surface area contributed by atoms with Crippen molar-refractivity contribution in [1.29, 1.82) is 0 Å². The lowest BCUT2D eigenvalue weighted by Gasteiger charge is -2.20. The molecule has 2 heterocycles. The van der Waals surface area contributed by atoms with E-state index in [1.807, 2.05) is 0 Å². The molecule has 0 spiro atoms. The molecule has 0 aromatic heterocycles. The lowest BCUT2D eigenvalue weighted by Crippen LogP contribution is -2.52. The molecule has 2 aliphatic rings. The van der Waals surface area contributed by atoms with Gasteiger partial charge in [-0.1, -0.05) is 0 Å². The van der Waals surface area contributed by atoms with Gasteiger partial charge in [-0.15, -0.1) is 0 Å². The number of nitrogens with one attached hydrogen (secondary N) is 2. The maximum atomic E-state index is 11.1. The van der Waals surface area contributed by atoms with Crippen LogP contribution in [0, 0.1) is 0 Å². The van der Waals surface area contributed by atoms with Crippen molar-refractivity contribution in [3.63, 3.8) is 0 Å². The van der Waals surface area contributed by atoms with Gasteiger partial charge in [0, 0.05) is 0 Å². The number of thiocarbonyl (C=S) groups is 1. The Labute approximate surface area is 67.6 Å². The Morgan fingerprint density at radius 2 is 2.45 bits per heavy atom. The maximum Gasteiger partial charge on any atom is 0.259 e. The average molecular weight is 168 g/mol. The van der Waals surface area contributed by atoms with E-state index in [2.05, 4.69) is 20.9 Å². The van der Waals surface area contributed by atoms with Crippen LogP contribution in [-0.2, 0) is 4.79 Å². The fraction of sp³-hybridized carbons (Fsp3) is 0.200. The second-order valence-electron chi connectivity index (χ2n) is 2.15. The van der Waals surface area contributed by atoms with Crippen molar-refractivity contribution in [2.24, 2.45) is 10.2 Å². The van der Waals surface area contributed by atoms with Gasteiger partial charge in [-0.2, -0.15) is 10.2 Å². The van der Waals surface area contributed by atoms with Crippen LogP contribution in [0.5, 0.6) is 0 Å². The molecule has 6 heteroatoms. The summed E-state index contributed by atoms with van der Waals surface area (Å²) in [5.41, 5.74) is 0.513. The van der Waals surface area contributed by atoms with E-state index in [9.17, 15) is 4.79 Å². The summed E-state index contributed by atoms with van der Waals surface area (Å²) in [5, 5.41) is 12.9. The lowest BCUT2D eigenvalue weighted by atomic mass is 10.2. The highest BCUT2D eigenvalue weighted by Crippen LogP contribution is 2.14. The molecule has 1 amide bonds. The van der Waals surface area contributed by atoms with Crippen molar-refractivity contribution in [1.82, 2.24) is 10.6 Å².